The van der Waals surface area contributed by atoms with E-state index in [0.717, 1.165) is 37.7 Å². The van der Waals surface area contributed by atoms with Crippen LogP contribution < -0.4 is 5.32 Å². The zero-order valence-corrected chi connectivity index (χ0v) is 10.9. The standard InChI is InChI=1S/C11H22N2O2S/c1-14-8-9-15-7-3-2-5-12-11-13-6-4-10-16-11/h2-10H2,1H3,(H,12,13). The van der Waals surface area contributed by atoms with E-state index in [0.29, 0.717) is 13.2 Å². The number of thioether (sulfide) groups is 1. The van der Waals surface area contributed by atoms with Crippen molar-refractivity contribution in [1.82, 2.24) is 5.32 Å². The molecule has 1 aliphatic rings. The summed E-state index contributed by atoms with van der Waals surface area (Å²) in [6.45, 7) is 4.19. The Labute approximate surface area is 102 Å². The van der Waals surface area contributed by atoms with Gasteiger partial charge in [0.15, 0.2) is 5.17 Å². The Balaban J connectivity index is 1.82. The molecule has 0 atom stereocenters. The molecule has 0 amide bonds. The Kier molecular flexibility index (Phi) is 8.57. The number of hydrogen-bond donors (Lipinski definition) is 1. The monoisotopic (exact) mass is 246 g/mol. The van der Waals surface area contributed by atoms with Crippen LogP contribution >= 0.6 is 11.8 Å². The van der Waals surface area contributed by atoms with E-state index in [1.54, 1.807) is 7.11 Å². The van der Waals surface area contributed by atoms with Gasteiger partial charge in [0.2, 0.25) is 0 Å². The van der Waals surface area contributed by atoms with Gasteiger partial charge in [-0.3, -0.25) is 4.99 Å². The molecule has 0 unspecified atom stereocenters. The van der Waals surface area contributed by atoms with Crippen molar-refractivity contribution in [2.45, 2.75) is 19.3 Å². The summed E-state index contributed by atoms with van der Waals surface area (Å²) >= 11 is 1.83. The SMILES string of the molecule is COCCOCCCCNC1=NCCCS1. The summed E-state index contributed by atoms with van der Waals surface area (Å²) in [7, 11) is 1.69. The number of hydrogen-bond acceptors (Lipinski definition) is 5. The summed E-state index contributed by atoms with van der Waals surface area (Å²) in [5, 5.41) is 4.47. The molecule has 0 radical (unpaired) electrons. The molecule has 0 fully saturated rings. The molecule has 1 N–H and O–H groups in total. The maximum Gasteiger partial charge on any atom is 0.156 e. The predicted octanol–water partition coefficient (Wildman–Crippen LogP) is 1.51. The summed E-state index contributed by atoms with van der Waals surface area (Å²) < 4.78 is 10.3. The number of rotatable bonds is 8. The van der Waals surface area contributed by atoms with Crippen molar-refractivity contribution in [3.63, 3.8) is 0 Å². The van der Waals surface area contributed by atoms with Crippen molar-refractivity contribution in [2.24, 2.45) is 4.99 Å². The lowest BCUT2D eigenvalue weighted by molar-refractivity contribution is 0.0689. The molecule has 94 valence electrons. The van der Waals surface area contributed by atoms with E-state index < -0.39 is 0 Å². The molecule has 0 bridgehead atoms. The van der Waals surface area contributed by atoms with Crippen LogP contribution in [0.5, 0.6) is 0 Å². The zero-order valence-electron chi connectivity index (χ0n) is 10.0. The largest absolute Gasteiger partial charge is 0.382 e. The van der Waals surface area contributed by atoms with Crippen molar-refractivity contribution < 1.29 is 9.47 Å². The first-order valence-electron chi connectivity index (χ1n) is 5.91. The van der Waals surface area contributed by atoms with Gasteiger partial charge in [-0.25, -0.2) is 0 Å². The van der Waals surface area contributed by atoms with Gasteiger partial charge in [-0.05, 0) is 19.3 Å². The summed E-state index contributed by atoms with van der Waals surface area (Å²) in [5.74, 6) is 1.20. The number of aliphatic imine (C=N–C) groups is 1. The third-order valence-electron chi connectivity index (χ3n) is 2.22. The minimum Gasteiger partial charge on any atom is -0.382 e. The highest BCUT2D eigenvalue weighted by Gasteiger charge is 2.03. The van der Waals surface area contributed by atoms with E-state index in [4.69, 9.17) is 9.47 Å². The van der Waals surface area contributed by atoms with Crippen LogP contribution in [0, 0.1) is 0 Å². The van der Waals surface area contributed by atoms with Gasteiger partial charge < -0.3 is 14.8 Å². The van der Waals surface area contributed by atoms with Gasteiger partial charge in [0.25, 0.3) is 0 Å². The highest BCUT2D eigenvalue weighted by molar-refractivity contribution is 8.13. The maximum absolute atomic E-state index is 5.38. The molecular weight excluding hydrogens is 224 g/mol. The second kappa shape index (κ2) is 9.93. The topological polar surface area (TPSA) is 42.9 Å². The van der Waals surface area contributed by atoms with Crippen LogP contribution in [0.2, 0.25) is 0 Å². The first-order chi connectivity index (χ1) is 7.93. The van der Waals surface area contributed by atoms with Crippen molar-refractivity contribution in [1.29, 1.82) is 0 Å². The van der Waals surface area contributed by atoms with Crippen LogP contribution in [0.15, 0.2) is 4.99 Å². The second-order valence-electron chi connectivity index (χ2n) is 3.63. The van der Waals surface area contributed by atoms with E-state index in [1.165, 1.54) is 12.2 Å². The summed E-state index contributed by atoms with van der Waals surface area (Å²) in [6, 6.07) is 0. The lowest BCUT2D eigenvalue weighted by Gasteiger charge is -2.12. The average Bonchev–Trinajstić information content (AvgIpc) is 2.34. The molecule has 16 heavy (non-hydrogen) atoms. The van der Waals surface area contributed by atoms with Crippen molar-refractivity contribution in [3.05, 3.63) is 0 Å². The van der Waals surface area contributed by atoms with Crippen LogP contribution in [-0.2, 0) is 9.47 Å². The molecular formula is C11H22N2O2S. The third-order valence-corrected chi connectivity index (χ3v) is 3.26. The Bertz CT molecular complexity index is 200. The van der Waals surface area contributed by atoms with Crippen LogP contribution in [0.25, 0.3) is 0 Å². The number of nitrogens with zero attached hydrogens (tertiary/aromatic N) is 1. The Morgan fingerprint density at radius 2 is 2.25 bits per heavy atom. The Morgan fingerprint density at radius 3 is 3.00 bits per heavy atom. The number of ether oxygens (including phenoxy) is 2. The molecule has 0 aromatic carbocycles. The molecule has 0 saturated carbocycles. The maximum atomic E-state index is 5.38. The van der Waals surface area contributed by atoms with E-state index in [1.807, 2.05) is 11.8 Å². The molecule has 4 nitrogen and oxygen atoms in total. The zero-order chi connectivity index (χ0) is 11.5. The molecule has 0 aliphatic carbocycles. The minimum atomic E-state index is 0.686. The highest BCUT2D eigenvalue weighted by Crippen LogP contribution is 2.09. The van der Waals surface area contributed by atoms with Gasteiger partial charge in [-0.15, -0.1) is 0 Å². The smallest absolute Gasteiger partial charge is 0.156 e. The molecule has 1 heterocycles. The molecule has 5 heteroatoms. The lowest BCUT2D eigenvalue weighted by atomic mass is 10.3. The first kappa shape index (κ1) is 13.8. The van der Waals surface area contributed by atoms with Crippen molar-refractivity contribution >= 4 is 16.9 Å². The number of unbranched alkanes of at least 4 members (excludes halogenated alkanes) is 1. The van der Waals surface area contributed by atoms with Crippen LogP contribution in [0.4, 0.5) is 0 Å². The van der Waals surface area contributed by atoms with Gasteiger partial charge in [0.05, 0.1) is 13.2 Å². The molecule has 0 aromatic heterocycles. The van der Waals surface area contributed by atoms with Gasteiger partial charge in [0, 0.05) is 32.6 Å². The summed E-state index contributed by atoms with van der Waals surface area (Å²) in [4.78, 5) is 4.41. The van der Waals surface area contributed by atoms with E-state index in [-0.39, 0.29) is 0 Å². The fourth-order valence-electron chi connectivity index (χ4n) is 1.34. The summed E-state index contributed by atoms with van der Waals surface area (Å²) in [6.07, 6.45) is 3.43. The predicted molar refractivity (Wildman–Crippen MR) is 69.3 cm³/mol. The number of amidine groups is 1. The molecule has 0 spiro atoms. The normalized spacial score (nSPS) is 15.9. The third kappa shape index (κ3) is 7.09. The van der Waals surface area contributed by atoms with Gasteiger partial charge >= 0.3 is 0 Å². The average molecular weight is 246 g/mol. The van der Waals surface area contributed by atoms with E-state index in [2.05, 4.69) is 10.3 Å². The highest BCUT2D eigenvalue weighted by atomic mass is 32.2. The van der Waals surface area contributed by atoms with Gasteiger partial charge in [-0.2, -0.15) is 0 Å². The molecule has 0 saturated heterocycles. The molecule has 0 aromatic rings. The van der Waals surface area contributed by atoms with Gasteiger partial charge in [0.1, 0.15) is 0 Å². The first-order valence-corrected chi connectivity index (χ1v) is 6.90. The van der Waals surface area contributed by atoms with E-state index >= 15 is 0 Å². The minimum absolute atomic E-state index is 0.686. The van der Waals surface area contributed by atoms with Crippen LogP contribution in [-0.4, -0.2) is 50.9 Å². The quantitative estimate of drug-likeness (QED) is 0.659. The fraction of sp³-hybridized carbons (Fsp3) is 0.909. The van der Waals surface area contributed by atoms with Crippen molar-refractivity contribution in [3.8, 4) is 0 Å². The summed E-state index contributed by atoms with van der Waals surface area (Å²) in [5.41, 5.74) is 0. The van der Waals surface area contributed by atoms with Crippen LogP contribution in [0.1, 0.15) is 19.3 Å². The fourth-order valence-corrected chi connectivity index (χ4v) is 2.19. The van der Waals surface area contributed by atoms with E-state index in [9.17, 15) is 0 Å². The Hall–Kier alpha value is -0.260. The number of nitrogens with one attached hydrogen (secondary N) is 1. The second-order valence-corrected chi connectivity index (χ2v) is 4.71. The van der Waals surface area contributed by atoms with Gasteiger partial charge in [-0.1, -0.05) is 11.8 Å². The Morgan fingerprint density at radius 1 is 1.31 bits per heavy atom. The lowest BCUT2D eigenvalue weighted by Crippen LogP contribution is -2.24. The van der Waals surface area contributed by atoms with Crippen molar-refractivity contribution in [2.75, 3.05) is 45.8 Å². The number of methoxy groups -OCH3 is 1. The molecule has 1 rings (SSSR count). The van der Waals surface area contributed by atoms with Crippen LogP contribution in [0.3, 0.4) is 0 Å². The molecule has 1 aliphatic heterocycles.